The van der Waals surface area contributed by atoms with Gasteiger partial charge in [0.15, 0.2) is 5.96 Å². The number of rotatable bonds is 7. The number of aliphatic imine (C=N–C) groups is 1. The second-order valence-corrected chi connectivity index (χ2v) is 7.15. The Hall–Kier alpha value is -1.10. The van der Waals surface area contributed by atoms with Crippen molar-refractivity contribution in [3.63, 3.8) is 0 Å². The number of hydrogen-bond donors (Lipinski definition) is 2. The number of unbranched alkanes of at least 4 members (excludes halogenated alkanes) is 2. The zero-order chi connectivity index (χ0) is 15.7. The normalized spacial score (nSPS) is 12.5. The molecule has 21 heavy (non-hydrogen) atoms. The van der Waals surface area contributed by atoms with Crippen LogP contribution in [-0.4, -0.2) is 24.0 Å². The van der Waals surface area contributed by atoms with Crippen molar-refractivity contribution in [2.24, 2.45) is 4.99 Å². The molecule has 1 aromatic rings. The molecule has 2 N–H and O–H groups in total. The summed E-state index contributed by atoms with van der Waals surface area (Å²) in [6.45, 7) is 13.4. The van der Waals surface area contributed by atoms with Crippen molar-refractivity contribution in [3.05, 3.63) is 16.1 Å². The number of nitrogens with one attached hydrogen (secondary N) is 2. The molecule has 0 fully saturated rings. The summed E-state index contributed by atoms with van der Waals surface area (Å²) < 4.78 is 0. The van der Waals surface area contributed by atoms with Gasteiger partial charge in [0.25, 0.3) is 0 Å². The monoisotopic (exact) mass is 310 g/mol. The Morgan fingerprint density at radius 2 is 2.00 bits per heavy atom. The molecule has 0 amide bonds. The van der Waals surface area contributed by atoms with E-state index in [-0.39, 0.29) is 5.41 Å². The van der Waals surface area contributed by atoms with Gasteiger partial charge in [-0.15, -0.1) is 11.3 Å². The summed E-state index contributed by atoms with van der Waals surface area (Å²) in [5, 5.41) is 9.88. The summed E-state index contributed by atoms with van der Waals surface area (Å²) in [6.07, 6.45) is 3.68. The minimum absolute atomic E-state index is 0.112. The number of thiazole rings is 1. The number of aromatic nitrogens is 1. The first kappa shape index (κ1) is 18.0. The third-order valence-electron chi connectivity index (χ3n) is 3.11. The minimum atomic E-state index is 0.112. The molecule has 0 aliphatic carbocycles. The van der Waals surface area contributed by atoms with Crippen LogP contribution in [0.15, 0.2) is 10.4 Å². The number of hydrogen-bond acceptors (Lipinski definition) is 3. The van der Waals surface area contributed by atoms with Gasteiger partial charge < -0.3 is 10.6 Å². The zero-order valence-electron chi connectivity index (χ0n) is 14.1. The highest BCUT2D eigenvalue weighted by molar-refractivity contribution is 7.09. The van der Waals surface area contributed by atoms with E-state index in [1.54, 1.807) is 11.3 Å². The first-order valence-electron chi connectivity index (χ1n) is 7.94. The third kappa shape index (κ3) is 6.93. The van der Waals surface area contributed by atoms with Crippen LogP contribution in [0, 0.1) is 0 Å². The fourth-order valence-corrected chi connectivity index (χ4v) is 2.74. The van der Waals surface area contributed by atoms with E-state index < -0.39 is 0 Å². The molecule has 0 aliphatic rings. The molecule has 1 rings (SSSR count). The lowest BCUT2D eigenvalue weighted by atomic mass is 9.93. The van der Waals surface area contributed by atoms with Gasteiger partial charge in [-0.3, -0.25) is 0 Å². The van der Waals surface area contributed by atoms with Gasteiger partial charge in [0.2, 0.25) is 0 Å². The molecule has 5 heteroatoms. The molecule has 0 aliphatic heterocycles. The summed E-state index contributed by atoms with van der Waals surface area (Å²) in [5.74, 6) is 0.890. The summed E-state index contributed by atoms with van der Waals surface area (Å²) in [4.78, 5) is 9.30. The molecule has 0 radical (unpaired) electrons. The van der Waals surface area contributed by atoms with Crippen molar-refractivity contribution in [3.8, 4) is 0 Å². The largest absolute Gasteiger partial charge is 0.357 e. The van der Waals surface area contributed by atoms with Crippen LogP contribution in [-0.2, 0) is 12.0 Å². The second-order valence-electron chi connectivity index (χ2n) is 6.21. The Kier molecular flexibility index (Phi) is 7.72. The van der Waals surface area contributed by atoms with Gasteiger partial charge >= 0.3 is 0 Å². The number of nitrogens with zero attached hydrogens (tertiary/aromatic N) is 2. The fraction of sp³-hybridized carbons (Fsp3) is 0.750. The van der Waals surface area contributed by atoms with E-state index in [1.165, 1.54) is 19.3 Å². The standard InChI is InChI=1S/C16H30N4S/c1-6-8-9-10-18-15(17-7-2)19-11-14-20-13(12-21-14)16(3,4)5/h12H,6-11H2,1-5H3,(H2,17,18,19). The molecule has 4 nitrogen and oxygen atoms in total. The summed E-state index contributed by atoms with van der Waals surface area (Å²) in [6, 6.07) is 0. The molecular weight excluding hydrogens is 280 g/mol. The first-order chi connectivity index (χ1) is 9.97. The minimum Gasteiger partial charge on any atom is -0.357 e. The predicted octanol–water partition coefficient (Wildman–Crippen LogP) is 3.69. The summed E-state index contributed by atoms with van der Waals surface area (Å²) in [7, 11) is 0. The van der Waals surface area contributed by atoms with Gasteiger partial charge in [0.05, 0.1) is 12.2 Å². The molecular formula is C16H30N4S. The van der Waals surface area contributed by atoms with Gasteiger partial charge in [0.1, 0.15) is 5.01 Å². The van der Waals surface area contributed by atoms with E-state index in [2.05, 4.69) is 60.6 Å². The van der Waals surface area contributed by atoms with Crippen molar-refractivity contribution in [2.75, 3.05) is 13.1 Å². The van der Waals surface area contributed by atoms with Gasteiger partial charge in [-0.05, 0) is 13.3 Å². The molecule has 1 aromatic heterocycles. The Bertz CT molecular complexity index is 432. The van der Waals surface area contributed by atoms with E-state index in [9.17, 15) is 0 Å². The van der Waals surface area contributed by atoms with Crippen molar-refractivity contribution in [1.82, 2.24) is 15.6 Å². The van der Waals surface area contributed by atoms with Crippen LogP contribution in [0.5, 0.6) is 0 Å². The van der Waals surface area contributed by atoms with Crippen molar-refractivity contribution in [1.29, 1.82) is 0 Å². The van der Waals surface area contributed by atoms with Crippen molar-refractivity contribution < 1.29 is 0 Å². The smallest absolute Gasteiger partial charge is 0.191 e. The van der Waals surface area contributed by atoms with E-state index in [1.807, 2.05) is 0 Å². The Morgan fingerprint density at radius 3 is 2.57 bits per heavy atom. The molecule has 1 heterocycles. The molecule has 0 saturated carbocycles. The van der Waals surface area contributed by atoms with E-state index in [4.69, 9.17) is 0 Å². The van der Waals surface area contributed by atoms with Crippen LogP contribution in [0.3, 0.4) is 0 Å². The van der Waals surface area contributed by atoms with Crippen LogP contribution in [0.25, 0.3) is 0 Å². The van der Waals surface area contributed by atoms with E-state index in [0.717, 1.165) is 29.8 Å². The topological polar surface area (TPSA) is 49.3 Å². The lowest BCUT2D eigenvalue weighted by molar-refractivity contribution is 0.571. The SMILES string of the molecule is CCCCCNC(=NCc1nc(C(C)(C)C)cs1)NCC. The maximum absolute atomic E-state index is 4.68. The van der Waals surface area contributed by atoms with E-state index in [0.29, 0.717) is 6.54 Å². The third-order valence-corrected chi connectivity index (χ3v) is 3.94. The maximum Gasteiger partial charge on any atom is 0.191 e. The lowest BCUT2D eigenvalue weighted by Crippen LogP contribution is -2.37. The predicted molar refractivity (Wildman–Crippen MR) is 93.2 cm³/mol. The Balaban J connectivity index is 2.54. The number of guanidine groups is 1. The highest BCUT2D eigenvalue weighted by atomic mass is 32.1. The van der Waals surface area contributed by atoms with Gasteiger partial charge in [-0.25, -0.2) is 9.98 Å². The quantitative estimate of drug-likeness (QED) is 0.459. The second kappa shape index (κ2) is 9.03. The van der Waals surface area contributed by atoms with Gasteiger partial charge in [-0.2, -0.15) is 0 Å². The summed E-state index contributed by atoms with van der Waals surface area (Å²) in [5.41, 5.74) is 1.26. The molecule has 0 bridgehead atoms. The highest BCUT2D eigenvalue weighted by Gasteiger charge is 2.17. The lowest BCUT2D eigenvalue weighted by Gasteiger charge is -2.14. The van der Waals surface area contributed by atoms with Crippen LogP contribution in [0.2, 0.25) is 0 Å². The highest BCUT2D eigenvalue weighted by Crippen LogP contribution is 2.24. The van der Waals surface area contributed by atoms with Crippen molar-refractivity contribution >= 4 is 17.3 Å². The summed E-state index contributed by atoms with van der Waals surface area (Å²) >= 11 is 1.69. The van der Waals surface area contributed by atoms with Crippen LogP contribution < -0.4 is 10.6 Å². The zero-order valence-corrected chi connectivity index (χ0v) is 14.9. The van der Waals surface area contributed by atoms with Crippen LogP contribution in [0.4, 0.5) is 0 Å². The molecule has 0 atom stereocenters. The Morgan fingerprint density at radius 1 is 1.24 bits per heavy atom. The van der Waals surface area contributed by atoms with Gasteiger partial charge in [0, 0.05) is 23.9 Å². The Labute approximate surface area is 133 Å². The maximum atomic E-state index is 4.68. The van der Waals surface area contributed by atoms with Crippen LogP contribution >= 0.6 is 11.3 Å². The molecule has 0 spiro atoms. The van der Waals surface area contributed by atoms with Gasteiger partial charge in [-0.1, -0.05) is 40.5 Å². The van der Waals surface area contributed by atoms with Crippen LogP contribution in [0.1, 0.15) is 64.6 Å². The average molecular weight is 311 g/mol. The average Bonchev–Trinajstić information content (AvgIpc) is 2.89. The fourth-order valence-electron chi connectivity index (χ4n) is 1.80. The molecule has 120 valence electrons. The van der Waals surface area contributed by atoms with Crippen molar-refractivity contribution in [2.45, 2.75) is 65.8 Å². The first-order valence-corrected chi connectivity index (χ1v) is 8.82. The molecule has 0 aromatic carbocycles. The van der Waals surface area contributed by atoms with E-state index >= 15 is 0 Å². The molecule has 0 saturated heterocycles. The molecule has 0 unspecified atom stereocenters.